The van der Waals surface area contributed by atoms with Crippen LogP contribution in [0.4, 0.5) is 11.4 Å². The number of nitrogens with zero attached hydrogens (tertiary/aromatic N) is 3. The first-order chi connectivity index (χ1) is 12.4. The van der Waals surface area contributed by atoms with Crippen molar-refractivity contribution in [3.8, 4) is 5.88 Å². The fraction of sp³-hybridized carbons (Fsp3) is 0.188. The van der Waals surface area contributed by atoms with Gasteiger partial charge in [0.25, 0.3) is 11.6 Å². The highest BCUT2D eigenvalue weighted by Gasteiger charge is 2.21. The molecule has 8 nitrogen and oxygen atoms in total. The van der Waals surface area contributed by atoms with E-state index in [4.69, 9.17) is 4.74 Å². The van der Waals surface area contributed by atoms with Crippen LogP contribution in [0, 0.1) is 17.0 Å². The topological polar surface area (TPSA) is 107 Å². The molecule has 26 heavy (non-hydrogen) atoms. The molecule has 0 atom stereocenters. The molecule has 0 aliphatic heterocycles. The summed E-state index contributed by atoms with van der Waals surface area (Å²) in [5.41, 5.74) is 0.909. The fourth-order valence-corrected chi connectivity index (χ4v) is 3.78. The average Bonchev–Trinajstić information content (AvgIpc) is 2.95. The highest BCUT2D eigenvalue weighted by atomic mass is 79.9. The van der Waals surface area contributed by atoms with Gasteiger partial charge in [0.1, 0.15) is 11.2 Å². The van der Waals surface area contributed by atoms with Crippen LogP contribution in [-0.4, -0.2) is 27.4 Å². The molecule has 3 rings (SSSR count). The minimum atomic E-state index is -0.517. The highest BCUT2D eigenvalue weighted by Crippen LogP contribution is 2.35. The maximum absolute atomic E-state index is 12.7. The summed E-state index contributed by atoms with van der Waals surface area (Å²) in [4.78, 5) is 32.6. The quantitative estimate of drug-likeness (QED) is 0.471. The van der Waals surface area contributed by atoms with E-state index in [1.165, 1.54) is 35.9 Å². The molecule has 1 N–H and O–H groups in total. The summed E-state index contributed by atoms with van der Waals surface area (Å²) in [7, 11) is 0. The van der Waals surface area contributed by atoms with Gasteiger partial charge in [-0.15, -0.1) is 11.3 Å². The van der Waals surface area contributed by atoms with Gasteiger partial charge in [0, 0.05) is 16.6 Å². The molecule has 10 heteroatoms. The third-order valence-electron chi connectivity index (χ3n) is 3.59. The Kier molecular flexibility index (Phi) is 5.14. The number of hydrogen-bond acceptors (Lipinski definition) is 7. The number of ether oxygens (including phenoxy) is 1. The molecule has 2 heterocycles. The number of amides is 1. The Morgan fingerprint density at radius 3 is 2.88 bits per heavy atom. The average molecular weight is 437 g/mol. The number of aryl methyl sites for hydroxylation is 1. The van der Waals surface area contributed by atoms with Crippen molar-refractivity contribution < 1.29 is 14.5 Å². The van der Waals surface area contributed by atoms with E-state index in [1.807, 2.05) is 6.92 Å². The summed E-state index contributed by atoms with van der Waals surface area (Å²) in [5, 5.41) is 14.3. The maximum atomic E-state index is 12.7. The van der Waals surface area contributed by atoms with Crippen molar-refractivity contribution in [1.82, 2.24) is 9.97 Å². The van der Waals surface area contributed by atoms with Gasteiger partial charge in [0.15, 0.2) is 0 Å². The second-order valence-corrected chi connectivity index (χ2v) is 7.08. The van der Waals surface area contributed by atoms with Crippen LogP contribution >= 0.6 is 27.3 Å². The van der Waals surface area contributed by atoms with Gasteiger partial charge < -0.3 is 10.1 Å². The van der Waals surface area contributed by atoms with Gasteiger partial charge in [-0.2, -0.15) is 0 Å². The van der Waals surface area contributed by atoms with Crippen molar-refractivity contribution in [3.05, 3.63) is 49.6 Å². The van der Waals surface area contributed by atoms with Crippen molar-refractivity contribution in [2.75, 3.05) is 11.9 Å². The number of thiophene rings is 1. The third-order valence-corrected chi connectivity index (χ3v) is 5.48. The first kappa shape index (κ1) is 18.2. The van der Waals surface area contributed by atoms with Crippen molar-refractivity contribution in [3.63, 3.8) is 0 Å². The number of fused-ring (bicyclic) bond motifs is 1. The van der Waals surface area contributed by atoms with Crippen molar-refractivity contribution in [2.45, 2.75) is 13.8 Å². The number of halogens is 1. The Labute approximate surface area is 160 Å². The first-order valence-corrected chi connectivity index (χ1v) is 9.15. The van der Waals surface area contributed by atoms with Crippen LogP contribution in [0.5, 0.6) is 5.88 Å². The van der Waals surface area contributed by atoms with E-state index in [0.717, 1.165) is 0 Å². The van der Waals surface area contributed by atoms with Crippen molar-refractivity contribution in [2.24, 2.45) is 0 Å². The summed E-state index contributed by atoms with van der Waals surface area (Å²) in [5.74, 6) is 0.0518. The number of benzene rings is 1. The number of hydrogen-bond donors (Lipinski definition) is 1. The summed E-state index contributed by atoms with van der Waals surface area (Å²) in [6.07, 6.45) is 1.39. The normalized spacial score (nSPS) is 10.7. The molecule has 3 aromatic rings. The molecule has 0 fully saturated rings. The molecule has 0 spiro atoms. The zero-order valence-corrected chi connectivity index (χ0v) is 16.2. The summed E-state index contributed by atoms with van der Waals surface area (Å²) in [6, 6.07) is 4.18. The smallest absolute Gasteiger partial charge is 0.271 e. The lowest BCUT2D eigenvalue weighted by Crippen LogP contribution is -2.12. The summed E-state index contributed by atoms with van der Waals surface area (Å²) < 4.78 is 6.06. The van der Waals surface area contributed by atoms with Crippen LogP contribution in [0.25, 0.3) is 10.2 Å². The number of non-ortho nitro benzene ring substituents is 1. The molecular weight excluding hydrogens is 424 g/mol. The zero-order chi connectivity index (χ0) is 18.8. The Bertz CT molecular complexity index is 1020. The minimum Gasteiger partial charge on any atom is -0.477 e. The van der Waals surface area contributed by atoms with Crippen LogP contribution in [0.15, 0.2) is 29.0 Å². The van der Waals surface area contributed by atoms with Gasteiger partial charge in [-0.05, 0) is 41.4 Å². The molecule has 1 aromatic carbocycles. The molecule has 2 aromatic heterocycles. The molecule has 0 aliphatic carbocycles. The van der Waals surface area contributed by atoms with E-state index in [0.29, 0.717) is 43.3 Å². The van der Waals surface area contributed by atoms with E-state index < -0.39 is 4.92 Å². The second kappa shape index (κ2) is 7.34. The molecule has 1 amide bonds. The summed E-state index contributed by atoms with van der Waals surface area (Å²) >= 11 is 4.50. The van der Waals surface area contributed by atoms with Crippen molar-refractivity contribution in [1.29, 1.82) is 0 Å². The highest BCUT2D eigenvalue weighted by molar-refractivity contribution is 9.10. The Morgan fingerprint density at radius 2 is 2.19 bits per heavy atom. The van der Waals surface area contributed by atoms with Gasteiger partial charge >= 0.3 is 0 Å². The molecule has 0 radical (unpaired) electrons. The third kappa shape index (κ3) is 3.37. The van der Waals surface area contributed by atoms with E-state index >= 15 is 0 Å². The monoisotopic (exact) mass is 436 g/mol. The van der Waals surface area contributed by atoms with Crippen LogP contribution in [0.1, 0.15) is 22.2 Å². The van der Waals surface area contributed by atoms with E-state index in [1.54, 1.807) is 6.92 Å². The number of nitro benzene ring substituents is 1. The standard InChI is InChI=1S/C16H13BrN4O4S/c1-3-25-15-12-8(2)13(26-16(12)19-7-18-15)14(22)20-11-6-9(21(23)24)4-5-10(11)17/h4-7H,3H2,1-2H3,(H,20,22). The Hall–Kier alpha value is -2.59. The number of rotatable bonds is 5. The van der Waals surface area contributed by atoms with Gasteiger partial charge in [-0.1, -0.05) is 0 Å². The Balaban J connectivity index is 1.99. The molecule has 134 valence electrons. The molecule has 0 saturated heterocycles. The fourth-order valence-electron chi connectivity index (χ4n) is 2.40. The number of nitrogens with one attached hydrogen (secondary N) is 1. The van der Waals surface area contributed by atoms with Crippen LogP contribution in [0.3, 0.4) is 0 Å². The van der Waals surface area contributed by atoms with E-state index in [2.05, 4.69) is 31.2 Å². The van der Waals surface area contributed by atoms with Gasteiger partial charge in [0.05, 0.1) is 27.5 Å². The molecular formula is C16H13BrN4O4S. The van der Waals surface area contributed by atoms with Crippen LogP contribution < -0.4 is 10.1 Å². The van der Waals surface area contributed by atoms with Gasteiger partial charge in [-0.3, -0.25) is 14.9 Å². The lowest BCUT2D eigenvalue weighted by Gasteiger charge is -2.07. The predicted octanol–water partition coefficient (Wildman–Crippen LogP) is 4.32. The summed E-state index contributed by atoms with van der Waals surface area (Å²) in [6.45, 7) is 4.09. The number of anilines is 1. The number of carbonyl (C=O) groups excluding carboxylic acids is 1. The van der Waals surface area contributed by atoms with Crippen molar-refractivity contribution >= 4 is 54.8 Å². The SMILES string of the molecule is CCOc1ncnc2sc(C(=O)Nc3cc([N+](=O)[O-])ccc3Br)c(C)c12. The lowest BCUT2D eigenvalue weighted by atomic mass is 10.2. The minimum absolute atomic E-state index is 0.110. The first-order valence-electron chi connectivity index (χ1n) is 7.54. The predicted molar refractivity (Wildman–Crippen MR) is 102 cm³/mol. The largest absolute Gasteiger partial charge is 0.477 e. The van der Waals surface area contributed by atoms with Gasteiger partial charge in [0.2, 0.25) is 5.88 Å². The number of nitro groups is 1. The molecule has 0 saturated carbocycles. The van der Waals surface area contributed by atoms with Crippen LogP contribution in [0.2, 0.25) is 0 Å². The maximum Gasteiger partial charge on any atom is 0.271 e. The molecule has 0 bridgehead atoms. The lowest BCUT2D eigenvalue weighted by molar-refractivity contribution is -0.384. The number of aromatic nitrogens is 2. The Morgan fingerprint density at radius 1 is 1.42 bits per heavy atom. The van der Waals surface area contributed by atoms with Crippen LogP contribution in [-0.2, 0) is 0 Å². The molecule has 0 aliphatic rings. The zero-order valence-electron chi connectivity index (χ0n) is 13.8. The molecule has 0 unspecified atom stereocenters. The van der Waals surface area contributed by atoms with E-state index in [-0.39, 0.29) is 11.6 Å². The van der Waals surface area contributed by atoms with Gasteiger partial charge in [-0.25, -0.2) is 9.97 Å². The van der Waals surface area contributed by atoms with E-state index in [9.17, 15) is 14.9 Å². The second-order valence-electron chi connectivity index (χ2n) is 5.22. The number of carbonyl (C=O) groups is 1.